The molecule has 28 heavy (non-hydrogen) atoms. The molecule has 0 saturated heterocycles. The molecule has 0 saturated carbocycles. The van der Waals surface area contributed by atoms with E-state index in [4.69, 9.17) is 4.74 Å². The number of hydrogen-bond acceptors (Lipinski definition) is 4. The molecule has 2 aromatic carbocycles. The Labute approximate surface area is 165 Å². The van der Waals surface area contributed by atoms with Gasteiger partial charge in [-0.05, 0) is 49.2 Å². The molecule has 0 radical (unpaired) electrons. The SMILES string of the molecule is Cc1ccc(SCCC(=O)OCC(=O)Nc2ccccc2C(F)(F)F)cc1C. The van der Waals surface area contributed by atoms with Crippen LogP contribution in [0.2, 0.25) is 0 Å². The highest BCUT2D eigenvalue weighted by Gasteiger charge is 2.33. The third-order valence-electron chi connectivity index (χ3n) is 3.92. The molecule has 8 heteroatoms. The van der Waals surface area contributed by atoms with Gasteiger partial charge < -0.3 is 10.1 Å². The van der Waals surface area contributed by atoms with E-state index in [1.165, 1.54) is 29.5 Å². The topological polar surface area (TPSA) is 55.4 Å². The third-order valence-corrected chi connectivity index (χ3v) is 4.92. The number of thioether (sulfide) groups is 1. The van der Waals surface area contributed by atoms with Gasteiger partial charge in [0.15, 0.2) is 6.61 Å². The highest BCUT2D eigenvalue weighted by molar-refractivity contribution is 7.99. The van der Waals surface area contributed by atoms with Crippen LogP contribution in [0.15, 0.2) is 47.4 Å². The number of para-hydroxylation sites is 1. The lowest BCUT2D eigenvalue weighted by atomic mass is 10.1. The highest BCUT2D eigenvalue weighted by Crippen LogP contribution is 2.34. The fourth-order valence-electron chi connectivity index (χ4n) is 2.30. The number of hydrogen-bond donors (Lipinski definition) is 1. The van der Waals surface area contributed by atoms with E-state index in [1.54, 1.807) is 0 Å². The number of esters is 1. The highest BCUT2D eigenvalue weighted by atomic mass is 32.2. The largest absolute Gasteiger partial charge is 0.456 e. The molecule has 0 aliphatic carbocycles. The van der Waals surface area contributed by atoms with Crippen molar-refractivity contribution in [3.05, 3.63) is 59.2 Å². The Balaban J connectivity index is 1.77. The summed E-state index contributed by atoms with van der Waals surface area (Å²) in [4.78, 5) is 24.6. The van der Waals surface area contributed by atoms with Gasteiger partial charge in [-0.15, -0.1) is 11.8 Å². The Hall–Kier alpha value is -2.48. The van der Waals surface area contributed by atoms with E-state index in [9.17, 15) is 22.8 Å². The number of anilines is 1. The fraction of sp³-hybridized carbons (Fsp3) is 0.300. The molecule has 4 nitrogen and oxygen atoms in total. The van der Waals surface area contributed by atoms with Gasteiger partial charge in [0.2, 0.25) is 0 Å². The maximum atomic E-state index is 12.9. The summed E-state index contributed by atoms with van der Waals surface area (Å²) in [5.41, 5.74) is 1.01. The van der Waals surface area contributed by atoms with Crippen molar-refractivity contribution in [3.8, 4) is 0 Å². The van der Waals surface area contributed by atoms with E-state index in [0.717, 1.165) is 22.6 Å². The fourth-order valence-corrected chi connectivity index (χ4v) is 3.23. The van der Waals surface area contributed by atoms with Crippen molar-refractivity contribution in [2.24, 2.45) is 0 Å². The number of nitrogens with one attached hydrogen (secondary N) is 1. The lowest BCUT2D eigenvalue weighted by molar-refractivity contribution is -0.147. The van der Waals surface area contributed by atoms with E-state index < -0.39 is 30.2 Å². The summed E-state index contributed by atoms with van der Waals surface area (Å²) < 4.78 is 43.5. The molecule has 0 unspecified atom stereocenters. The summed E-state index contributed by atoms with van der Waals surface area (Å²) in [5.74, 6) is -0.942. The Morgan fingerprint density at radius 3 is 2.46 bits per heavy atom. The van der Waals surface area contributed by atoms with E-state index in [1.807, 2.05) is 32.0 Å². The van der Waals surface area contributed by atoms with Gasteiger partial charge in [0.05, 0.1) is 17.7 Å². The van der Waals surface area contributed by atoms with Crippen molar-refractivity contribution in [2.75, 3.05) is 17.7 Å². The van der Waals surface area contributed by atoms with Gasteiger partial charge in [-0.25, -0.2) is 0 Å². The van der Waals surface area contributed by atoms with Crippen molar-refractivity contribution in [1.82, 2.24) is 0 Å². The molecule has 0 fully saturated rings. The monoisotopic (exact) mass is 411 g/mol. The molecule has 2 rings (SSSR count). The number of carbonyl (C=O) groups excluding carboxylic acids is 2. The van der Waals surface area contributed by atoms with Gasteiger partial charge in [-0.1, -0.05) is 18.2 Å². The Kier molecular flexibility index (Phi) is 7.51. The Morgan fingerprint density at radius 1 is 1.07 bits per heavy atom. The average Bonchev–Trinajstić information content (AvgIpc) is 2.62. The first kappa shape index (κ1) is 21.8. The molecule has 0 aromatic heterocycles. The van der Waals surface area contributed by atoms with Gasteiger partial charge in [0.25, 0.3) is 5.91 Å². The van der Waals surface area contributed by atoms with Crippen LogP contribution < -0.4 is 5.32 Å². The Morgan fingerprint density at radius 2 is 1.79 bits per heavy atom. The molecule has 2 aromatic rings. The minimum absolute atomic E-state index is 0.0873. The molecule has 150 valence electrons. The Bertz CT molecular complexity index is 853. The molecular formula is C20H20F3NO3S. The zero-order chi connectivity index (χ0) is 20.7. The molecule has 1 N–H and O–H groups in total. The molecule has 0 bridgehead atoms. The van der Waals surface area contributed by atoms with Crippen molar-refractivity contribution < 1.29 is 27.5 Å². The summed E-state index contributed by atoms with van der Waals surface area (Å²) in [6.07, 6.45) is -4.50. The number of aryl methyl sites for hydroxylation is 2. The smallest absolute Gasteiger partial charge is 0.418 e. The first-order valence-electron chi connectivity index (χ1n) is 8.48. The van der Waals surface area contributed by atoms with Gasteiger partial charge in [-0.2, -0.15) is 13.2 Å². The third kappa shape index (κ3) is 6.60. The first-order chi connectivity index (χ1) is 13.2. The number of rotatable bonds is 7. The summed E-state index contributed by atoms with van der Waals surface area (Å²) in [7, 11) is 0. The van der Waals surface area contributed by atoms with Crippen LogP contribution in [0.25, 0.3) is 0 Å². The summed E-state index contributed by atoms with van der Waals surface area (Å²) >= 11 is 1.49. The summed E-state index contributed by atoms with van der Waals surface area (Å²) in [6, 6.07) is 10.6. The molecular weight excluding hydrogens is 391 g/mol. The van der Waals surface area contributed by atoms with Crippen molar-refractivity contribution in [3.63, 3.8) is 0 Å². The van der Waals surface area contributed by atoms with Crippen molar-refractivity contribution >= 4 is 29.3 Å². The van der Waals surface area contributed by atoms with Crippen LogP contribution in [-0.4, -0.2) is 24.2 Å². The van der Waals surface area contributed by atoms with E-state index >= 15 is 0 Å². The lowest BCUT2D eigenvalue weighted by Gasteiger charge is -2.13. The minimum Gasteiger partial charge on any atom is -0.456 e. The predicted octanol–water partition coefficient (Wildman–Crippen LogP) is 4.99. The molecule has 0 heterocycles. The van der Waals surface area contributed by atoms with Crippen LogP contribution in [-0.2, 0) is 20.5 Å². The number of alkyl halides is 3. The number of amides is 1. The normalized spacial score (nSPS) is 11.2. The molecule has 0 atom stereocenters. The van der Waals surface area contributed by atoms with Gasteiger partial charge in [-0.3, -0.25) is 9.59 Å². The molecule has 0 aliphatic heterocycles. The zero-order valence-corrected chi connectivity index (χ0v) is 16.2. The van der Waals surface area contributed by atoms with Gasteiger partial charge in [0.1, 0.15) is 0 Å². The quantitative estimate of drug-likeness (QED) is 0.515. The number of benzene rings is 2. The second-order valence-electron chi connectivity index (χ2n) is 6.10. The second-order valence-corrected chi connectivity index (χ2v) is 7.27. The number of carbonyl (C=O) groups is 2. The molecule has 0 aliphatic rings. The maximum absolute atomic E-state index is 12.9. The minimum atomic E-state index is -4.59. The second kappa shape index (κ2) is 9.64. The van der Waals surface area contributed by atoms with E-state index in [-0.39, 0.29) is 12.1 Å². The lowest BCUT2D eigenvalue weighted by Crippen LogP contribution is -2.22. The summed E-state index contributed by atoms with van der Waals surface area (Å²) in [6.45, 7) is 3.38. The van der Waals surface area contributed by atoms with Gasteiger partial charge in [0, 0.05) is 10.6 Å². The van der Waals surface area contributed by atoms with Crippen molar-refractivity contribution in [1.29, 1.82) is 0 Å². The predicted molar refractivity (Wildman–Crippen MR) is 102 cm³/mol. The van der Waals surface area contributed by atoms with Crippen LogP contribution >= 0.6 is 11.8 Å². The molecule has 1 amide bonds. The number of ether oxygens (including phenoxy) is 1. The number of halogens is 3. The van der Waals surface area contributed by atoms with Crippen LogP contribution in [0.5, 0.6) is 0 Å². The first-order valence-corrected chi connectivity index (χ1v) is 9.47. The van der Waals surface area contributed by atoms with Crippen molar-refractivity contribution in [2.45, 2.75) is 31.3 Å². The summed E-state index contributed by atoms with van der Waals surface area (Å²) in [5, 5.41) is 2.12. The molecule has 0 spiro atoms. The van der Waals surface area contributed by atoms with Crippen LogP contribution in [0.4, 0.5) is 18.9 Å². The van der Waals surface area contributed by atoms with E-state index in [0.29, 0.717) is 5.75 Å². The average molecular weight is 411 g/mol. The van der Waals surface area contributed by atoms with Crippen LogP contribution in [0.1, 0.15) is 23.1 Å². The van der Waals surface area contributed by atoms with Gasteiger partial charge >= 0.3 is 12.1 Å². The van der Waals surface area contributed by atoms with Crippen LogP contribution in [0, 0.1) is 13.8 Å². The zero-order valence-electron chi connectivity index (χ0n) is 15.4. The van der Waals surface area contributed by atoms with Crippen LogP contribution in [0.3, 0.4) is 0 Å². The standard InChI is InChI=1S/C20H20F3NO3S/c1-13-7-8-15(11-14(13)2)28-10-9-19(26)27-12-18(25)24-17-6-4-3-5-16(17)20(21,22)23/h3-8,11H,9-10,12H2,1-2H3,(H,24,25). The van der Waals surface area contributed by atoms with E-state index in [2.05, 4.69) is 5.32 Å². The maximum Gasteiger partial charge on any atom is 0.418 e.